The maximum absolute atomic E-state index is 5.31. The van der Waals surface area contributed by atoms with E-state index in [9.17, 15) is 0 Å². The lowest BCUT2D eigenvalue weighted by atomic mass is 10.1. The second kappa shape index (κ2) is 6.95. The average Bonchev–Trinajstić information content (AvgIpc) is 2.97. The van der Waals surface area contributed by atoms with E-state index in [1.165, 1.54) is 5.56 Å². The highest BCUT2D eigenvalue weighted by molar-refractivity contribution is 7.80. The molecular weight excluding hydrogens is 256 g/mol. The molecule has 0 bridgehead atoms. The van der Waals surface area contributed by atoms with E-state index in [2.05, 4.69) is 29.7 Å². The molecule has 0 aliphatic carbocycles. The normalized spacial score (nSPS) is 11.8. The molecule has 1 aromatic heterocycles. The van der Waals surface area contributed by atoms with Crippen LogP contribution in [0.1, 0.15) is 30.7 Å². The summed E-state index contributed by atoms with van der Waals surface area (Å²) in [4.78, 5) is 0. The van der Waals surface area contributed by atoms with Crippen LogP contribution in [0.5, 0.6) is 0 Å². The van der Waals surface area contributed by atoms with E-state index in [1.54, 1.807) is 6.26 Å². The van der Waals surface area contributed by atoms with Gasteiger partial charge in [-0.3, -0.25) is 0 Å². The zero-order valence-corrected chi connectivity index (χ0v) is 11.7. The number of thiocarbonyl (C=S) groups is 1. The molecule has 0 radical (unpaired) electrons. The smallest absolute Gasteiger partial charge is 0.167 e. The van der Waals surface area contributed by atoms with Crippen molar-refractivity contribution in [2.24, 2.45) is 0 Å². The number of benzene rings is 1. The summed E-state index contributed by atoms with van der Waals surface area (Å²) in [7, 11) is 0. The summed E-state index contributed by atoms with van der Waals surface area (Å²) in [5.41, 5.74) is 1.24. The van der Waals surface area contributed by atoms with Gasteiger partial charge in [0.25, 0.3) is 0 Å². The van der Waals surface area contributed by atoms with E-state index in [0.717, 1.165) is 12.2 Å². The number of nitrogens with one attached hydrogen (secondary N) is 2. The summed E-state index contributed by atoms with van der Waals surface area (Å²) < 4.78 is 5.25. The molecule has 0 aliphatic rings. The Morgan fingerprint density at radius 3 is 2.63 bits per heavy atom. The molecular formula is C15H18N2OS. The third-order valence-corrected chi connectivity index (χ3v) is 3.18. The van der Waals surface area contributed by atoms with Crippen molar-refractivity contribution in [1.82, 2.24) is 10.6 Å². The van der Waals surface area contributed by atoms with Crippen LogP contribution in [0.15, 0.2) is 53.1 Å². The van der Waals surface area contributed by atoms with Crippen LogP contribution >= 0.6 is 12.2 Å². The minimum atomic E-state index is 0.234. The van der Waals surface area contributed by atoms with Gasteiger partial charge in [-0.25, -0.2) is 0 Å². The van der Waals surface area contributed by atoms with E-state index >= 15 is 0 Å². The summed E-state index contributed by atoms with van der Waals surface area (Å²) >= 11 is 5.31. The van der Waals surface area contributed by atoms with Crippen LogP contribution in [0.2, 0.25) is 0 Å². The van der Waals surface area contributed by atoms with Crippen LogP contribution < -0.4 is 10.6 Å². The van der Waals surface area contributed by atoms with E-state index < -0.39 is 0 Å². The zero-order chi connectivity index (χ0) is 13.5. The fourth-order valence-corrected chi connectivity index (χ4v) is 2.11. The first-order chi connectivity index (χ1) is 9.29. The minimum Gasteiger partial charge on any atom is -0.467 e. The molecule has 19 heavy (non-hydrogen) atoms. The highest BCUT2D eigenvalue weighted by Gasteiger charge is 2.09. The SMILES string of the molecule is CCC(NC(=S)NCc1ccco1)c1ccccc1. The number of hydrogen-bond acceptors (Lipinski definition) is 2. The molecule has 4 heteroatoms. The second-order valence-electron chi connectivity index (χ2n) is 4.28. The Balaban J connectivity index is 1.86. The molecule has 0 fully saturated rings. The predicted octanol–water partition coefficient (Wildman–Crippen LogP) is 3.40. The molecule has 1 atom stereocenters. The van der Waals surface area contributed by atoms with Gasteiger partial charge >= 0.3 is 0 Å². The van der Waals surface area contributed by atoms with Gasteiger partial charge in [0.05, 0.1) is 18.8 Å². The van der Waals surface area contributed by atoms with E-state index in [-0.39, 0.29) is 6.04 Å². The molecule has 0 saturated carbocycles. The lowest BCUT2D eigenvalue weighted by Gasteiger charge is -2.19. The van der Waals surface area contributed by atoms with Gasteiger partial charge in [0.2, 0.25) is 0 Å². The summed E-state index contributed by atoms with van der Waals surface area (Å²) in [5.74, 6) is 0.872. The fraction of sp³-hybridized carbons (Fsp3) is 0.267. The van der Waals surface area contributed by atoms with Crippen LogP contribution in [0.4, 0.5) is 0 Å². The highest BCUT2D eigenvalue weighted by Crippen LogP contribution is 2.15. The molecule has 1 aromatic carbocycles. The fourth-order valence-electron chi connectivity index (χ4n) is 1.90. The molecule has 0 saturated heterocycles. The van der Waals surface area contributed by atoms with Crippen LogP contribution in [-0.4, -0.2) is 5.11 Å². The first-order valence-corrected chi connectivity index (χ1v) is 6.82. The van der Waals surface area contributed by atoms with Gasteiger partial charge < -0.3 is 15.1 Å². The number of rotatable bonds is 5. The third kappa shape index (κ3) is 4.10. The predicted molar refractivity (Wildman–Crippen MR) is 80.8 cm³/mol. The lowest BCUT2D eigenvalue weighted by molar-refractivity contribution is 0.500. The van der Waals surface area contributed by atoms with Gasteiger partial charge in [-0.1, -0.05) is 37.3 Å². The van der Waals surface area contributed by atoms with Crippen LogP contribution in [0.3, 0.4) is 0 Å². The van der Waals surface area contributed by atoms with E-state index in [0.29, 0.717) is 11.7 Å². The van der Waals surface area contributed by atoms with Crippen molar-refractivity contribution >= 4 is 17.3 Å². The quantitative estimate of drug-likeness (QED) is 0.820. The van der Waals surface area contributed by atoms with Crippen LogP contribution in [0.25, 0.3) is 0 Å². The molecule has 3 nitrogen and oxygen atoms in total. The molecule has 2 rings (SSSR count). The maximum Gasteiger partial charge on any atom is 0.167 e. The Labute approximate surface area is 119 Å². The Kier molecular flexibility index (Phi) is 4.98. The molecule has 1 heterocycles. The standard InChI is InChI=1S/C15H18N2OS/c1-2-14(12-7-4-3-5-8-12)17-15(19)16-11-13-9-6-10-18-13/h3-10,14H,2,11H2,1H3,(H2,16,17,19). The lowest BCUT2D eigenvalue weighted by Crippen LogP contribution is -2.37. The zero-order valence-electron chi connectivity index (χ0n) is 10.9. The van der Waals surface area contributed by atoms with Crippen molar-refractivity contribution in [3.05, 3.63) is 60.1 Å². The van der Waals surface area contributed by atoms with Crippen LogP contribution in [0, 0.1) is 0 Å². The summed E-state index contributed by atoms with van der Waals surface area (Å²) in [6.07, 6.45) is 2.64. The molecule has 2 N–H and O–H groups in total. The Morgan fingerprint density at radius 1 is 1.21 bits per heavy atom. The topological polar surface area (TPSA) is 37.2 Å². The highest BCUT2D eigenvalue weighted by atomic mass is 32.1. The van der Waals surface area contributed by atoms with Crippen molar-refractivity contribution in [2.75, 3.05) is 0 Å². The van der Waals surface area contributed by atoms with E-state index in [4.69, 9.17) is 16.6 Å². The van der Waals surface area contributed by atoms with Crippen molar-refractivity contribution in [3.63, 3.8) is 0 Å². The van der Waals surface area contributed by atoms with E-state index in [1.807, 2.05) is 30.3 Å². The molecule has 2 aromatic rings. The number of hydrogen-bond donors (Lipinski definition) is 2. The Hall–Kier alpha value is -1.81. The summed E-state index contributed by atoms with van der Waals surface area (Å²) in [6.45, 7) is 2.74. The second-order valence-corrected chi connectivity index (χ2v) is 4.69. The monoisotopic (exact) mass is 274 g/mol. The number of furan rings is 1. The molecule has 0 spiro atoms. The molecule has 1 unspecified atom stereocenters. The Bertz CT molecular complexity index is 496. The third-order valence-electron chi connectivity index (χ3n) is 2.92. The van der Waals surface area contributed by atoms with Gasteiger partial charge in [-0.05, 0) is 36.3 Å². The average molecular weight is 274 g/mol. The first-order valence-electron chi connectivity index (χ1n) is 6.41. The minimum absolute atomic E-state index is 0.234. The molecule has 0 aliphatic heterocycles. The summed E-state index contributed by atoms with van der Waals surface area (Å²) in [5, 5.41) is 7.12. The molecule has 0 amide bonds. The van der Waals surface area contributed by atoms with Crippen LogP contribution in [-0.2, 0) is 6.54 Å². The molecule has 100 valence electrons. The Morgan fingerprint density at radius 2 is 2.00 bits per heavy atom. The van der Waals surface area contributed by atoms with Gasteiger partial charge in [0.1, 0.15) is 5.76 Å². The van der Waals surface area contributed by atoms with Crippen molar-refractivity contribution in [1.29, 1.82) is 0 Å². The van der Waals surface area contributed by atoms with Gasteiger partial charge in [0.15, 0.2) is 5.11 Å². The van der Waals surface area contributed by atoms with Gasteiger partial charge in [-0.2, -0.15) is 0 Å². The van der Waals surface area contributed by atoms with Gasteiger partial charge in [-0.15, -0.1) is 0 Å². The van der Waals surface area contributed by atoms with Crippen molar-refractivity contribution in [3.8, 4) is 0 Å². The summed E-state index contributed by atoms with van der Waals surface area (Å²) in [6, 6.07) is 14.3. The van der Waals surface area contributed by atoms with Gasteiger partial charge in [0, 0.05) is 0 Å². The maximum atomic E-state index is 5.31. The van der Waals surface area contributed by atoms with Crippen molar-refractivity contribution in [2.45, 2.75) is 25.9 Å². The first kappa shape index (κ1) is 13.6. The largest absolute Gasteiger partial charge is 0.467 e. The van der Waals surface area contributed by atoms with Crippen molar-refractivity contribution < 1.29 is 4.42 Å².